The topological polar surface area (TPSA) is 148 Å². The van der Waals surface area contributed by atoms with Crippen LogP contribution in [0.4, 0.5) is 14.5 Å². The third kappa shape index (κ3) is 7.24. The summed E-state index contributed by atoms with van der Waals surface area (Å²) in [6, 6.07) is 10.4. The highest BCUT2D eigenvalue weighted by Gasteiger charge is 2.26. The van der Waals surface area contributed by atoms with Gasteiger partial charge in [-0.1, -0.05) is 19.1 Å². The molecule has 0 amide bonds. The van der Waals surface area contributed by atoms with E-state index in [0.717, 1.165) is 12.1 Å². The fourth-order valence-electron chi connectivity index (χ4n) is 4.06. The fourth-order valence-corrected chi connectivity index (χ4v) is 5.19. The van der Waals surface area contributed by atoms with Gasteiger partial charge in [0.25, 0.3) is 0 Å². The van der Waals surface area contributed by atoms with Crippen molar-refractivity contribution >= 4 is 38.5 Å². The van der Waals surface area contributed by atoms with Crippen LogP contribution in [0, 0.1) is 11.6 Å². The summed E-state index contributed by atoms with van der Waals surface area (Å²) >= 11 is 0. The zero-order valence-electron chi connectivity index (χ0n) is 21.9. The maximum atomic E-state index is 15.3. The van der Waals surface area contributed by atoms with Gasteiger partial charge in [0.15, 0.2) is 5.82 Å². The molecule has 4 aromatic rings. The molecule has 0 saturated heterocycles. The van der Waals surface area contributed by atoms with Crippen molar-refractivity contribution in [2.45, 2.75) is 19.8 Å². The van der Waals surface area contributed by atoms with Gasteiger partial charge < -0.3 is 19.6 Å². The molecule has 216 valence electrons. The zero-order chi connectivity index (χ0) is 29.6. The number of fused-ring (bicyclic) bond motifs is 1. The van der Waals surface area contributed by atoms with Gasteiger partial charge in [-0.15, -0.1) is 0 Å². The highest BCUT2D eigenvalue weighted by Crippen LogP contribution is 2.30. The van der Waals surface area contributed by atoms with E-state index in [-0.39, 0.29) is 44.0 Å². The van der Waals surface area contributed by atoms with Crippen LogP contribution in [-0.4, -0.2) is 60.8 Å². The van der Waals surface area contributed by atoms with Crippen molar-refractivity contribution in [2.24, 2.45) is 0 Å². The lowest BCUT2D eigenvalue weighted by molar-refractivity contribution is -0.138. The Labute approximate surface area is 234 Å². The zero-order valence-corrected chi connectivity index (χ0v) is 22.8. The Kier molecular flexibility index (Phi) is 9.30. The number of sulfonamides is 1. The second-order valence-corrected chi connectivity index (χ2v) is 10.8. The highest BCUT2D eigenvalue weighted by molar-refractivity contribution is 7.92. The maximum absolute atomic E-state index is 15.3. The number of aromatic amines is 1. The van der Waals surface area contributed by atoms with Crippen LogP contribution in [0.1, 0.15) is 35.7 Å². The summed E-state index contributed by atoms with van der Waals surface area (Å²) in [5.41, 5.74) is 0.125. The van der Waals surface area contributed by atoms with E-state index in [1.807, 2.05) is 0 Å². The van der Waals surface area contributed by atoms with Gasteiger partial charge in [-0.3, -0.25) is 14.3 Å². The molecule has 0 aliphatic heterocycles. The van der Waals surface area contributed by atoms with Crippen LogP contribution in [0.2, 0.25) is 0 Å². The van der Waals surface area contributed by atoms with Crippen LogP contribution >= 0.6 is 0 Å². The van der Waals surface area contributed by atoms with E-state index in [2.05, 4.69) is 14.7 Å². The number of aromatic nitrogens is 2. The summed E-state index contributed by atoms with van der Waals surface area (Å²) in [6.07, 6.45) is 3.04. The van der Waals surface area contributed by atoms with Crippen LogP contribution in [0.25, 0.3) is 22.2 Å². The summed E-state index contributed by atoms with van der Waals surface area (Å²) < 4.78 is 67.2. The molecule has 0 spiro atoms. The summed E-state index contributed by atoms with van der Waals surface area (Å²) in [5.74, 6) is -4.14. The van der Waals surface area contributed by atoms with Gasteiger partial charge in [-0.2, -0.15) is 0 Å². The Balaban J connectivity index is 1.58. The molecule has 0 aliphatic carbocycles. The number of hydrogen-bond acceptors (Lipinski definition) is 7. The number of anilines is 1. The number of carbonyl (C=O) groups is 2. The molecule has 41 heavy (non-hydrogen) atoms. The monoisotopic (exact) mass is 587 g/mol. The first-order valence-corrected chi connectivity index (χ1v) is 14.3. The van der Waals surface area contributed by atoms with Crippen LogP contribution < -0.4 is 9.46 Å². The van der Waals surface area contributed by atoms with Gasteiger partial charge in [0.2, 0.25) is 15.8 Å². The normalized spacial score (nSPS) is 11.5. The predicted octanol–water partition coefficient (Wildman–Crippen LogP) is 4.76. The van der Waals surface area contributed by atoms with Crippen molar-refractivity contribution in [1.82, 2.24) is 9.97 Å². The Bertz CT molecular complexity index is 1690. The van der Waals surface area contributed by atoms with E-state index in [1.165, 1.54) is 6.20 Å². The van der Waals surface area contributed by atoms with Gasteiger partial charge >= 0.3 is 5.97 Å². The third-order valence-electron chi connectivity index (χ3n) is 5.96. The Hall–Kier alpha value is -4.36. The lowest BCUT2D eigenvalue weighted by Gasteiger charge is -2.11. The number of halogens is 2. The van der Waals surface area contributed by atoms with E-state index in [0.29, 0.717) is 27.9 Å². The molecule has 4 rings (SSSR count). The number of carboxylic acids is 1. The quantitative estimate of drug-likeness (QED) is 0.141. The number of aliphatic carboxylic acids is 1. The van der Waals surface area contributed by atoms with Crippen LogP contribution in [0.5, 0.6) is 5.75 Å². The maximum Gasteiger partial charge on any atom is 0.305 e. The second kappa shape index (κ2) is 12.9. The smallest absolute Gasteiger partial charge is 0.305 e. The summed E-state index contributed by atoms with van der Waals surface area (Å²) in [6.45, 7) is 2.12. The minimum atomic E-state index is -3.88. The van der Waals surface area contributed by atoms with Crippen molar-refractivity contribution in [2.75, 3.05) is 30.3 Å². The Morgan fingerprint density at radius 1 is 1.07 bits per heavy atom. The predicted molar refractivity (Wildman–Crippen MR) is 148 cm³/mol. The molecule has 0 unspecified atom stereocenters. The van der Waals surface area contributed by atoms with Crippen molar-refractivity contribution < 1.29 is 41.4 Å². The van der Waals surface area contributed by atoms with Gasteiger partial charge in [0.05, 0.1) is 36.6 Å². The minimum Gasteiger partial charge on any atom is -0.491 e. The fraction of sp³-hybridized carbons (Fsp3) is 0.250. The molecule has 2 aromatic heterocycles. The van der Waals surface area contributed by atoms with E-state index in [4.69, 9.17) is 14.6 Å². The molecule has 13 heteroatoms. The standard InChI is InChI=1S/C28H27F2N3O7S/c1-2-12-41(37,38)33-23-7-6-22(29)25(26(23)30)27(36)21-16-32-28-20(21)14-18(15-31-28)17-4-3-5-19(13-17)40-11-10-39-9-8-24(34)35/h3-7,13-16,33H,2,8-12H2,1H3,(H,31,32)(H,34,35). The summed E-state index contributed by atoms with van der Waals surface area (Å²) in [5, 5.41) is 8.95. The first kappa shape index (κ1) is 29.6. The number of H-pyrrole nitrogens is 1. The van der Waals surface area contributed by atoms with Crippen molar-refractivity contribution in [3.8, 4) is 16.9 Å². The number of hydrogen-bond donors (Lipinski definition) is 3. The number of carbonyl (C=O) groups excluding carboxylic acids is 1. The molecule has 0 bridgehead atoms. The SMILES string of the molecule is CCCS(=O)(=O)Nc1ccc(F)c(C(=O)c2c[nH]c3ncc(-c4cccc(OCCOCCC(=O)O)c4)cc23)c1F. The lowest BCUT2D eigenvalue weighted by Crippen LogP contribution is -2.18. The van der Waals surface area contributed by atoms with E-state index in [1.54, 1.807) is 43.5 Å². The number of pyridine rings is 1. The molecule has 0 fully saturated rings. The number of nitrogens with zero attached hydrogens (tertiary/aromatic N) is 1. The number of nitrogens with one attached hydrogen (secondary N) is 2. The number of ether oxygens (including phenoxy) is 2. The average molecular weight is 588 g/mol. The molecule has 0 saturated carbocycles. The number of carboxylic acid groups (broad SMARTS) is 1. The van der Waals surface area contributed by atoms with Gasteiger partial charge in [-0.25, -0.2) is 22.2 Å². The molecule has 2 heterocycles. The number of benzene rings is 2. The summed E-state index contributed by atoms with van der Waals surface area (Å²) in [4.78, 5) is 31.1. The minimum absolute atomic E-state index is 0.0494. The van der Waals surface area contributed by atoms with Crippen LogP contribution in [0.15, 0.2) is 54.9 Å². The molecule has 0 radical (unpaired) electrons. The van der Waals surface area contributed by atoms with Crippen LogP contribution in [-0.2, 0) is 19.6 Å². The van der Waals surface area contributed by atoms with Gasteiger partial charge in [0.1, 0.15) is 23.8 Å². The van der Waals surface area contributed by atoms with Crippen molar-refractivity contribution in [1.29, 1.82) is 0 Å². The summed E-state index contributed by atoms with van der Waals surface area (Å²) in [7, 11) is -3.88. The van der Waals surface area contributed by atoms with Gasteiger partial charge in [-0.05, 0) is 42.3 Å². The first-order chi connectivity index (χ1) is 19.6. The molecule has 3 N–H and O–H groups in total. The largest absolute Gasteiger partial charge is 0.491 e. The average Bonchev–Trinajstić information content (AvgIpc) is 3.35. The van der Waals surface area contributed by atoms with E-state index in [9.17, 15) is 22.4 Å². The van der Waals surface area contributed by atoms with Crippen molar-refractivity contribution in [3.63, 3.8) is 0 Å². The molecule has 2 aromatic carbocycles. The number of ketones is 1. The molecule has 0 aliphatic rings. The van der Waals surface area contributed by atoms with E-state index >= 15 is 4.39 Å². The third-order valence-corrected chi connectivity index (χ3v) is 7.43. The van der Waals surface area contributed by atoms with E-state index < -0.39 is 44.7 Å². The second-order valence-electron chi connectivity index (χ2n) is 8.99. The molecular weight excluding hydrogens is 560 g/mol. The Morgan fingerprint density at radius 3 is 2.63 bits per heavy atom. The molecule has 10 nitrogen and oxygen atoms in total. The molecular formula is C28H27F2N3O7S. The lowest BCUT2D eigenvalue weighted by atomic mass is 10.00. The highest BCUT2D eigenvalue weighted by atomic mass is 32.2. The number of rotatable bonds is 14. The van der Waals surface area contributed by atoms with Gasteiger partial charge in [0, 0.05) is 28.9 Å². The van der Waals surface area contributed by atoms with Crippen LogP contribution in [0.3, 0.4) is 0 Å². The molecule has 0 atom stereocenters. The van der Waals surface area contributed by atoms with Crippen molar-refractivity contribution in [3.05, 3.63) is 77.6 Å². The first-order valence-electron chi connectivity index (χ1n) is 12.6. The Morgan fingerprint density at radius 2 is 1.88 bits per heavy atom.